The number of thiophene rings is 1. The quantitative estimate of drug-likeness (QED) is 0.467. The molecule has 0 aliphatic rings. The van der Waals surface area contributed by atoms with E-state index in [2.05, 4.69) is 15.3 Å². The molecule has 3 N–H and O–H groups in total. The zero-order valence-electron chi connectivity index (χ0n) is 16.1. The van der Waals surface area contributed by atoms with E-state index in [1.54, 1.807) is 26.4 Å². The van der Waals surface area contributed by atoms with Crippen LogP contribution in [0.2, 0.25) is 0 Å². The standard InChI is InChI=1S/C20H18N4O4S2/c1-27-16-8-3-12(9-17(16)28-2)15-10-29-20-18(15)19(22-11-23-20)24-13-4-6-14(7-5-13)30(21,25)26/h3-11H,1-2H3,(H2,21,25,26)(H,22,23,24). The highest BCUT2D eigenvalue weighted by molar-refractivity contribution is 7.89. The number of nitrogens with zero attached hydrogens (tertiary/aromatic N) is 2. The van der Waals surface area contributed by atoms with E-state index in [1.165, 1.54) is 29.8 Å². The number of nitrogens with one attached hydrogen (secondary N) is 1. The molecular weight excluding hydrogens is 424 g/mol. The molecule has 0 fully saturated rings. The zero-order chi connectivity index (χ0) is 21.3. The normalized spacial score (nSPS) is 11.4. The van der Waals surface area contributed by atoms with Crippen LogP contribution in [0.1, 0.15) is 0 Å². The van der Waals surface area contributed by atoms with Gasteiger partial charge in [-0.2, -0.15) is 0 Å². The molecule has 2 aromatic heterocycles. The molecule has 30 heavy (non-hydrogen) atoms. The summed E-state index contributed by atoms with van der Waals surface area (Å²) in [4.78, 5) is 9.62. The van der Waals surface area contributed by atoms with Crippen molar-refractivity contribution in [3.05, 3.63) is 54.2 Å². The molecule has 0 spiro atoms. The number of anilines is 2. The summed E-state index contributed by atoms with van der Waals surface area (Å²) in [6.45, 7) is 0. The third-order valence-corrected chi connectivity index (χ3v) is 6.33. The predicted octanol–water partition coefficient (Wildman–Crippen LogP) is 3.77. The van der Waals surface area contributed by atoms with Crippen molar-refractivity contribution in [2.45, 2.75) is 4.90 Å². The Labute approximate surface area is 177 Å². The van der Waals surface area contributed by atoms with Crippen LogP contribution >= 0.6 is 11.3 Å². The van der Waals surface area contributed by atoms with Crippen LogP contribution in [0.25, 0.3) is 21.3 Å². The summed E-state index contributed by atoms with van der Waals surface area (Å²) in [7, 11) is -0.563. The number of ether oxygens (including phenoxy) is 2. The van der Waals surface area contributed by atoms with E-state index in [-0.39, 0.29) is 4.90 Å². The second-order valence-corrected chi connectivity index (χ2v) is 8.74. The number of methoxy groups -OCH3 is 2. The second-order valence-electron chi connectivity index (χ2n) is 6.32. The molecule has 0 radical (unpaired) electrons. The van der Waals surface area contributed by atoms with Gasteiger partial charge < -0.3 is 14.8 Å². The second kappa shape index (κ2) is 7.90. The van der Waals surface area contributed by atoms with Crippen molar-refractivity contribution < 1.29 is 17.9 Å². The number of sulfonamides is 1. The van der Waals surface area contributed by atoms with Gasteiger partial charge >= 0.3 is 0 Å². The minimum absolute atomic E-state index is 0.0439. The molecule has 8 nitrogen and oxygen atoms in total. The Kier molecular flexibility index (Phi) is 5.29. The average molecular weight is 443 g/mol. The summed E-state index contributed by atoms with van der Waals surface area (Å²) in [5.41, 5.74) is 2.55. The topological polar surface area (TPSA) is 116 Å². The lowest BCUT2D eigenvalue weighted by molar-refractivity contribution is 0.355. The van der Waals surface area contributed by atoms with E-state index in [4.69, 9.17) is 14.6 Å². The first kappa shape index (κ1) is 20.1. The Hall–Kier alpha value is -3.21. The first-order chi connectivity index (χ1) is 14.4. The van der Waals surface area contributed by atoms with Gasteiger partial charge in [0.05, 0.1) is 24.5 Å². The summed E-state index contributed by atoms with van der Waals surface area (Å²) in [5, 5.41) is 11.3. The van der Waals surface area contributed by atoms with Gasteiger partial charge in [0.1, 0.15) is 17.0 Å². The molecule has 4 aromatic rings. The fourth-order valence-corrected chi connectivity index (χ4v) is 4.48. The third kappa shape index (κ3) is 3.80. The highest BCUT2D eigenvalue weighted by Gasteiger charge is 2.16. The summed E-state index contributed by atoms with van der Waals surface area (Å²) < 4.78 is 33.7. The summed E-state index contributed by atoms with van der Waals surface area (Å²) in [5.74, 6) is 1.87. The van der Waals surface area contributed by atoms with E-state index in [9.17, 15) is 8.42 Å². The fourth-order valence-electron chi connectivity index (χ4n) is 3.05. The van der Waals surface area contributed by atoms with Gasteiger partial charge in [-0.15, -0.1) is 11.3 Å². The Morgan fingerprint density at radius 1 is 1.00 bits per heavy atom. The van der Waals surface area contributed by atoms with E-state index < -0.39 is 10.0 Å². The fraction of sp³-hybridized carbons (Fsp3) is 0.100. The molecule has 0 saturated carbocycles. The van der Waals surface area contributed by atoms with E-state index in [1.807, 2.05) is 23.6 Å². The van der Waals surface area contributed by atoms with Crippen molar-refractivity contribution in [1.29, 1.82) is 0 Å². The van der Waals surface area contributed by atoms with Crippen LogP contribution in [0, 0.1) is 0 Å². The molecule has 0 atom stereocenters. The Balaban J connectivity index is 1.77. The molecule has 0 amide bonds. The average Bonchev–Trinajstić information content (AvgIpc) is 3.18. The van der Waals surface area contributed by atoms with Crippen LogP contribution in [0.3, 0.4) is 0 Å². The summed E-state index contributed by atoms with van der Waals surface area (Å²) in [6, 6.07) is 11.9. The van der Waals surface area contributed by atoms with Crippen LogP contribution in [-0.4, -0.2) is 32.6 Å². The maximum atomic E-state index is 11.5. The Morgan fingerprint density at radius 2 is 1.73 bits per heavy atom. The van der Waals surface area contributed by atoms with E-state index >= 15 is 0 Å². The molecule has 10 heteroatoms. The van der Waals surface area contributed by atoms with Crippen molar-refractivity contribution in [2.75, 3.05) is 19.5 Å². The zero-order valence-corrected chi connectivity index (χ0v) is 17.8. The highest BCUT2D eigenvalue weighted by atomic mass is 32.2. The lowest BCUT2D eigenvalue weighted by Gasteiger charge is -2.11. The number of hydrogen-bond donors (Lipinski definition) is 2. The van der Waals surface area contributed by atoms with Crippen molar-refractivity contribution in [2.24, 2.45) is 5.14 Å². The van der Waals surface area contributed by atoms with Gasteiger partial charge in [0.15, 0.2) is 11.5 Å². The van der Waals surface area contributed by atoms with Gasteiger partial charge in [0, 0.05) is 16.6 Å². The number of nitrogens with two attached hydrogens (primary N) is 1. The maximum Gasteiger partial charge on any atom is 0.238 e. The van der Waals surface area contributed by atoms with Crippen LogP contribution in [-0.2, 0) is 10.0 Å². The predicted molar refractivity (Wildman–Crippen MR) is 117 cm³/mol. The van der Waals surface area contributed by atoms with Crippen LogP contribution in [0.5, 0.6) is 11.5 Å². The monoisotopic (exact) mass is 442 g/mol. The van der Waals surface area contributed by atoms with Gasteiger partial charge in [-0.1, -0.05) is 6.07 Å². The number of hydrogen-bond acceptors (Lipinski definition) is 8. The molecule has 4 rings (SSSR count). The number of rotatable bonds is 6. The molecular formula is C20H18N4O4S2. The van der Waals surface area contributed by atoms with Gasteiger partial charge in [-0.05, 0) is 42.0 Å². The molecule has 0 aliphatic carbocycles. The minimum Gasteiger partial charge on any atom is -0.493 e. The van der Waals surface area contributed by atoms with Crippen molar-refractivity contribution in [1.82, 2.24) is 9.97 Å². The first-order valence-electron chi connectivity index (χ1n) is 8.75. The maximum absolute atomic E-state index is 11.5. The number of aromatic nitrogens is 2. The smallest absolute Gasteiger partial charge is 0.238 e. The van der Waals surface area contributed by atoms with Crippen molar-refractivity contribution >= 4 is 43.1 Å². The van der Waals surface area contributed by atoms with Gasteiger partial charge in [0.2, 0.25) is 10.0 Å². The van der Waals surface area contributed by atoms with Crippen LogP contribution in [0.15, 0.2) is 59.1 Å². The van der Waals surface area contributed by atoms with Gasteiger partial charge in [-0.3, -0.25) is 0 Å². The Bertz CT molecular complexity index is 1320. The molecule has 154 valence electrons. The van der Waals surface area contributed by atoms with Crippen molar-refractivity contribution in [3.63, 3.8) is 0 Å². The molecule has 0 bridgehead atoms. The number of fused-ring (bicyclic) bond motifs is 1. The lowest BCUT2D eigenvalue weighted by atomic mass is 10.1. The number of benzene rings is 2. The largest absolute Gasteiger partial charge is 0.493 e. The van der Waals surface area contributed by atoms with Gasteiger partial charge in [-0.25, -0.2) is 23.5 Å². The van der Waals surface area contributed by atoms with Gasteiger partial charge in [0.25, 0.3) is 0 Å². The third-order valence-electron chi connectivity index (χ3n) is 4.51. The molecule has 0 unspecified atom stereocenters. The van der Waals surface area contributed by atoms with Crippen molar-refractivity contribution in [3.8, 4) is 22.6 Å². The SMILES string of the molecule is COc1ccc(-c2csc3ncnc(Nc4ccc(S(N)(=O)=O)cc4)c23)cc1OC. The summed E-state index contributed by atoms with van der Waals surface area (Å²) in [6.07, 6.45) is 1.48. The highest BCUT2D eigenvalue weighted by Crippen LogP contribution is 2.40. The molecule has 2 aromatic carbocycles. The van der Waals surface area contributed by atoms with E-state index in [0.29, 0.717) is 23.0 Å². The van der Waals surface area contributed by atoms with E-state index in [0.717, 1.165) is 21.3 Å². The van der Waals surface area contributed by atoms with Crippen LogP contribution < -0.4 is 19.9 Å². The minimum atomic E-state index is -3.75. The lowest BCUT2D eigenvalue weighted by Crippen LogP contribution is -2.11. The molecule has 2 heterocycles. The first-order valence-corrected chi connectivity index (χ1v) is 11.2. The van der Waals surface area contributed by atoms with Crippen LogP contribution in [0.4, 0.5) is 11.5 Å². The summed E-state index contributed by atoms with van der Waals surface area (Å²) >= 11 is 1.50. The molecule has 0 saturated heterocycles. The Morgan fingerprint density at radius 3 is 2.40 bits per heavy atom. The molecule has 0 aliphatic heterocycles. The number of primary sulfonamides is 1.